The first-order chi connectivity index (χ1) is 7.58. The van der Waals surface area contributed by atoms with E-state index in [-0.39, 0.29) is 0 Å². The normalized spacial score (nSPS) is 36.9. The van der Waals surface area contributed by atoms with E-state index in [1.54, 1.807) is 5.56 Å². The summed E-state index contributed by atoms with van der Waals surface area (Å²) in [7, 11) is 0. The quantitative estimate of drug-likeness (QED) is 0.690. The Morgan fingerprint density at radius 2 is 1.94 bits per heavy atom. The molecular formula is C15H20O. The van der Waals surface area contributed by atoms with Gasteiger partial charge in [0.25, 0.3) is 0 Å². The highest BCUT2D eigenvalue weighted by Gasteiger charge is 2.49. The maximum absolute atomic E-state index is 5.39. The highest BCUT2D eigenvalue weighted by Crippen LogP contribution is 2.52. The van der Waals surface area contributed by atoms with Crippen molar-refractivity contribution in [2.24, 2.45) is 5.92 Å². The predicted molar refractivity (Wildman–Crippen MR) is 65.7 cm³/mol. The van der Waals surface area contributed by atoms with Crippen LogP contribution in [0.3, 0.4) is 0 Å². The van der Waals surface area contributed by atoms with Crippen LogP contribution >= 0.6 is 0 Å². The monoisotopic (exact) mass is 216 g/mol. The van der Waals surface area contributed by atoms with Gasteiger partial charge >= 0.3 is 0 Å². The average Bonchev–Trinajstić information content (AvgIpc) is 2.96. The van der Waals surface area contributed by atoms with E-state index in [0.717, 1.165) is 12.5 Å². The minimum absolute atomic E-state index is 0.411. The van der Waals surface area contributed by atoms with Crippen LogP contribution < -0.4 is 0 Å². The zero-order valence-electron chi connectivity index (χ0n) is 10.4. The minimum Gasteiger partial charge on any atom is -0.373 e. The molecule has 1 aliphatic carbocycles. The van der Waals surface area contributed by atoms with Crippen molar-refractivity contribution in [1.82, 2.24) is 0 Å². The molecule has 0 N–H and O–H groups in total. The van der Waals surface area contributed by atoms with E-state index >= 15 is 0 Å². The van der Waals surface area contributed by atoms with Crippen LogP contribution in [0.1, 0.15) is 36.5 Å². The zero-order valence-corrected chi connectivity index (χ0v) is 10.4. The van der Waals surface area contributed by atoms with Gasteiger partial charge in [-0.25, -0.2) is 0 Å². The van der Waals surface area contributed by atoms with Gasteiger partial charge in [0.2, 0.25) is 0 Å². The van der Waals surface area contributed by atoms with Gasteiger partial charge in [0.15, 0.2) is 0 Å². The lowest BCUT2D eigenvalue weighted by molar-refractivity contribution is 0.124. The van der Waals surface area contributed by atoms with E-state index in [2.05, 4.69) is 39.0 Å². The second-order valence-electron chi connectivity index (χ2n) is 5.92. The molecule has 1 nitrogen and oxygen atoms in total. The third kappa shape index (κ3) is 1.58. The fraction of sp³-hybridized carbons (Fsp3) is 0.600. The van der Waals surface area contributed by atoms with E-state index in [4.69, 9.17) is 4.74 Å². The van der Waals surface area contributed by atoms with Crippen molar-refractivity contribution < 1.29 is 4.74 Å². The fourth-order valence-corrected chi connectivity index (χ4v) is 3.40. The topological polar surface area (TPSA) is 12.5 Å². The maximum Gasteiger partial charge on any atom is 0.0838 e. The van der Waals surface area contributed by atoms with Gasteiger partial charge in [-0.2, -0.15) is 0 Å². The second-order valence-corrected chi connectivity index (χ2v) is 5.92. The highest BCUT2D eigenvalue weighted by molar-refractivity contribution is 5.38. The van der Waals surface area contributed by atoms with Gasteiger partial charge < -0.3 is 4.74 Å². The van der Waals surface area contributed by atoms with Crippen molar-refractivity contribution >= 4 is 0 Å². The number of ether oxygens (including phenoxy) is 1. The van der Waals surface area contributed by atoms with Crippen LogP contribution in [0.25, 0.3) is 0 Å². The standard InChI is InChI=1S/C15H20O/c1-10-4-5-13(11(2)6-10)15(3)7-12(8-15)14-9-16-14/h4-6,12,14H,7-9H2,1-3H3. The van der Waals surface area contributed by atoms with E-state index < -0.39 is 0 Å². The molecular weight excluding hydrogens is 196 g/mol. The van der Waals surface area contributed by atoms with E-state index in [0.29, 0.717) is 11.5 Å². The smallest absolute Gasteiger partial charge is 0.0838 e. The Labute approximate surface area is 97.8 Å². The summed E-state index contributed by atoms with van der Waals surface area (Å²) in [6.07, 6.45) is 3.21. The Kier molecular flexibility index (Phi) is 2.16. The number of hydrogen-bond acceptors (Lipinski definition) is 1. The van der Waals surface area contributed by atoms with E-state index in [1.807, 2.05) is 0 Å². The van der Waals surface area contributed by atoms with Crippen LogP contribution in [0.5, 0.6) is 0 Å². The SMILES string of the molecule is Cc1ccc(C2(C)CC(C3CO3)C2)c(C)c1. The summed E-state index contributed by atoms with van der Waals surface area (Å²) in [6.45, 7) is 7.83. The molecule has 0 aromatic heterocycles. The third-order valence-corrected chi connectivity index (χ3v) is 4.34. The molecule has 1 unspecified atom stereocenters. The number of epoxide rings is 1. The van der Waals surface area contributed by atoms with Crippen LogP contribution in [0.4, 0.5) is 0 Å². The zero-order chi connectivity index (χ0) is 11.3. The Morgan fingerprint density at radius 1 is 1.25 bits per heavy atom. The molecule has 0 radical (unpaired) electrons. The second kappa shape index (κ2) is 3.33. The summed E-state index contributed by atoms with van der Waals surface area (Å²) >= 11 is 0. The van der Waals surface area contributed by atoms with Gasteiger partial charge in [-0.15, -0.1) is 0 Å². The number of aryl methyl sites for hydroxylation is 2. The van der Waals surface area contributed by atoms with Crippen LogP contribution in [0.15, 0.2) is 18.2 Å². The van der Waals surface area contributed by atoms with Gasteiger partial charge in [-0.05, 0) is 49.1 Å². The molecule has 16 heavy (non-hydrogen) atoms. The summed E-state index contributed by atoms with van der Waals surface area (Å²) in [5, 5.41) is 0. The van der Waals surface area contributed by atoms with Crippen LogP contribution in [-0.2, 0) is 10.2 Å². The molecule has 1 aliphatic heterocycles. The summed E-state index contributed by atoms with van der Waals surface area (Å²) in [5.74, 6) is 0.825. The largest absolute Gasteiger partial charge is 0.373 e. The Bertz CT molecular complexity index is 411. The van der Waals surface area contributed by atoms with Crippen molar-refractivity contribution in [3.05, 3.63) is 34.9 Å². The average molecular weight is 216 g/mol. The predicted octanol–water partition coefficient (Wildman–Crippen LogP) is 3.37. The molecule has 1 saturated carbocycles. The molecule has 1 atom stereocenters. The molecule has 1 heteroatoms. The lowest BCUT2D eigenvalue weighted by atomic mass is 9.58. The first-order valence-electron chi connectivity index (χ1n) is 6.28. The molecule has 0 bridgehead atoms. The maximum atomic E-state index is 5.39. The minimum atomic E-state index is 0.411. The third-order valence-electron chi connectivity index (χ3n) is 4.34. The molecule has 2 fully saturated rings. The van der Waals surface area contributed by atoms with Crippen molar-refractivity contribution in [2.45, 2.75) is 45.1 Å². The van der Waals surface area contributed by atoms with Crippen LogP contribution in [0, 0.1) is 19.8 Å². The summed E-state index contributed by atoms with van der Waals surface area (Å²) in [6, 6.07) is 6.88. The first kappa shape index (κ1) is 10.3. The van der Waals surface area contributed by atoms with Gasteiger partial charge in [0, 0.05) is 0 Å². The van der Waals surface area contributed by atoms with Crippen molar-refractivity contribution in [1.29, 1.82) is 0 Å². The summed E-state index contributed by atoms with van der Waals surface area (Å²) in [4.78, 5) is 0. The summed E-state index contributed by atoms with van der Waals surface area (Å²) < 4.78 is 5.39. The molecule has 1 aromatic rings. The van der Waals surface area contributed by atoms with Crippen LogP contribution in [0.2, 0.25) is 0 Å². The molecule has 2 aliphatic rings. The lowest BCUT2D eigenvalue weighted by Crippen LogP contribution is -2.41. The molecule has 0 spiro atoms. The van der Waals surface area contributed by atoms with Crippen LogP contribution in [-0.4, -0.2) is 12.7 Å². The fourth-order valence-electron chi connectivity index (χ4n) is 3.40. The van der Waals surface area contributed by atoms with E-state index in [9.17, 15) is 0 Å². The van der Waals surface area contributed by atoms with Crippen molar-refractivity contribution in [3.8, 4) is 0 Å². The molecule has 1 saturated heterocycles. The molecule has 86 valence electrons. The van der Waals surface area contributed by atoms with Gasteiger partial charge in [-0.1, -0.05) is 30.7 Å². The highest BCUT2D eigenvalue weighted by atomic mass is 16.6. The number of benzene rings is 1. The van der Waals surface area contributed by atoms with E-state index in [1.165, 1.54) is 24.0 Å². The Balaban J connectivity index is 1.81. The lowest BCUT2D eigenvalue weighted by Gasteiger charge is -2.46. The van der Waals surface area contributed by atoms with Crippen molar-refractivity contribution in [2.75, 3.05) is 6.61 Å². The van der Waals surface area contributed by atoms with Crippen molar-refractivity contribution in [3.63, 3.8) is 0 Å². The first-order valence-corrected chi connectivity index (χ1v) is 6.28. The summed E-state index contributed by atoms with van der Waals surface area (Å²) in [5.41, 5.74) is 4.79. The van der Waals surface area contributed by atoms with Gasteiger partial charge in [0.05, 0.1) is 12.7 Å². The van der Waals surface area contributed by atoms with Gasteiger partial charge in [-0.3, -0.25) is 0 Å². The number of hydrogen-bond donors (Lipinski definition) is 0. The molecule has 1 heterocycles. The molecule has 1 aromatic carbocycles. The molecule has 0 amide bonds. The van der Waals surface area contributed by atoms with Gasteiger partial charge in [0.1, 0.15) is 0 Å². The Hall–Kier alpha value is -0.820. The Morgan fingerprint density at radius 3 is 2.50 bits per heavy atom. The molecule has 3 rings (SSSR count). The number of rotatable bonds is 2.